The number of nitrogens with one attached hydrogen (secondary N) is 1. The van der Waals surface area contributed by atoms with Gasteiger partial charge in [0.05, 0.1) is 23.5 Å². The van der Waals surface area contributed by atoms with Gasteiger partial charge in [0.15, 0.2) is 23.7 Å². The van der Waals surface area contributed by atoms with Crippen LogP contribution in [0.15, 0.2) is 24.0 Å². The number of esters is 2. The van der Waals surface area contributed by atoms with Crippen molar-refractivity contribution in [3.63, 3.8) is 0 Å². The highest BCUT2D eigenvalue weighted by molar-refractivity contribution is 5.83. The van der Waals surface area contributed by atoms with Crippen LogP contribution in [-0.2, 0) is 35.7 Å². The van der Waals surface area contributed by atoms with E-state index in [0.29, 0.717) is 31.6 Å². The number of aliphatic hydroxyl groups is 1. The van der Waals surface area contributed by atoms with E-state index in [1.165, 1.54) is 6.92 Å². The molecule has 11 nitrogen and oxygen atoms in total. The summed E-state index contributed by atoms with van der Waals surface area (Å²) in [7, 11) is 1.99. The van der Waals surface area contributed by atoms with Crippen LogP contribution in [0.5, 0.6) is 11.5 Å². The number of likely N-dealkylation sites (N-methyl/N-ethyl adjacent to an activating group) is 1. The first-order chi connectivity index (χ1) is 18.9. The van der Waals surface area contributed by atoms with Crippen molar-refractivity contribution in [3.05, 3.63) is 35.1 Å². The van der Waals surface area contributed by atoms with Gasteiger partial charge in [-0.1, -0.05) is 19.9 Å². The maximum atomic E-state index is 13.0. The molecule has 5 N–H and O–H groups in total. The van der Waals surface area contributed by atoms with Crippen molar-refractivity contribution in [1.29, 1.82) is 0 Å². The number of carbonyl (C=O) groups excluding carboxylic acids is 3. The van der Waals surface area contributed by atoms with Crippen LogP contribution in [0.4, 0.5) is 0 Å². The molecule has 1 aromatic carbocycles. The Morgan fingerprint density at radius 3 is 2.75 bits per heavy atom. The SMILES string of the molecule is CC(C)C[C@H](N)C(=O)NCCC(=O)O[C@@H](C)C(=O)OC1=CC[C@@]2(O)[C@@H]3Cc4ccc(O)c5c4[C@@]2(CCN3C)[C@H]1O5. The molecule has 1 fully saturated rings. The molecule has 1 saturated heterocycles. The number of phenols is 1. The Kier molecular flexibility index (Phi) is 7.35. The molecule has 2 aliphatic carbocycles. The lowest BCUT2D eigenvalue weighted by Gasteiger charge is -2.61. The van der Waals surface area contributed by atoms with Gasteiger partial charge < -0.3 is 40.4 Å². The third-order valence-corrected chi connectivity index (χ3v) is 8.90. The molecule has 1 amide bonds. The first kappa shape index (κ1) is 28.4. The highest BCUT2D eigenvalue weighted by atomic mass is 16.6. The van der Waals surface area contributed by atoms with E-state index in [2.05, 4.69) is 10.2 Å². The average molecular weight is 558 g/mol. The average Bonchev–Trinajstić information content (AvgIpc) is 3.25. The molecular formula is C29H39N3O8. The second kappa shape index (κ2) is 10.4. The van der Waals surface area contributed by atoms with Gasteiger partial charge in [-0.2, -0.15) is 0 Å². The highest BCUT2D eigenvalue weighted by Crippen LogP contribution is 2.65. The molecule has 0 aromatic heterocycles. The van der Waals surface area contributed by atoms with E-state index in [1.807, 2.05) is 27.0 Å². The number of piperidine rings is 1. The quantitative estimate of drug-likeness (QED) is 0.323. The van der Waals surface area contributed by atoms with Crippen LogP contribution in [0.1, 0.15) is 57.6 Å². The Morgan fingerprint density at radius 2 is 2.02 bits per heavy atom. The van der Waals surface area contributed by atoms with Crippen molar-refractivity contribution >= 4 is 17.8 Å². The van der Waals surface area contributed by atoms with E-state index in [-0.39, 0.29) is 48.8 Å². The van der Waals surface area contributed by atoms with Crippen LogP contribution in [0, 0.1) is 5.92 Å². The number of hydrogen-bond acceptors (Lipinski definition) is 10. The molecule has 11 heteroatoms. The number of aromatic hydroxyl groups is 1. The lowest BCUT2D eigenvalue weighted by Crippen LogP contribution is -2.74. The van der Waals surface area contributed by atoms with Gasteiger partial charge in [0.1, 0.15) is 5.76 Å². The van der Waals surface area contributed by atoms with E-state index in [9.17, 15) is 24.6 Å². The smallest absolute Gasteiger partial charge is 0.352 e. The minimum absolute atomic E-state index is 0.0209. The normalized spacial score (nSPS) is 29.5. The first-order valence-electron chi connectivity index (χ1n) is 14.0. The number of nitrogens with two attached hydrogens (primary N) is 1. The molecule has 40 heavy (non-hydrogen) atoms. The topological polar surface area (TPSA) is 161 Å². The Labute approximate surface area is 233 Å². The Balaban J connectivity index is 1.25. The standard InChI is InChI=1S/C29H39N3O8/c1-15(2)13-18(30)26(35)31-11-8-22(34)38-16(3)27(36)39-20-7-9-29(37)21-14-17-5-6-19(33)24-23(17)28(29,25(20)40-24)10-12-32(21)4/h5-7,15-16,18,21,25,33,37H,8-14,30H2,1-4H3,(H,31,35)/t16-,18-,21-,25-,28-,29+/m0/s1. The number of rotatable bonds is 9. The summed E-state index contributed by atoms with van der Waals surface area (Å²) < 4.78 is 17.3. The Bertz CT molecular complexity index is 1250. The molecule has 2 bridgehead atoms. The van der Waals surface area contributed by atoms with Gasteiger partial charge in [-0.05, 0) is 63.4 Å². The van der Waals surface area contributed by atoms with Gasteiger partial charge in [0, 0.05) is 24.6 Å². The van der Waals surface area contributed by atoms with Crippen LogP contribution >= 0.6 is 0 Å². The summed E-state index contributed by atoms with van der Waals surface area (Å²) in [5.41, 5.74) is 5.58. The van der Waals surface area contributed by atoms with Crippen molar-refractivity contribution < 1.29 is 38.8 Å². The predicted octanol–water partition coefficient (Wildman–Crippen LogP) is 1.02. The fourth-order valence-electron chi connectivity index (χ4n) is 6.97. The maximum Gasteiger partial charge on any atom is 0.352 e. The molecule has 2 aliphatic heterocycles. The number of ether oxygens (including phenoxy) is 3. The number of likely N-dealkylation sites (tertiary alicyclic amines) is 1. The number of benzene rings is 1. The second-order valence-electron chi connectivity index (χ2n) is 11.9. The molecule has 6 atom stereocenters. The maximum absolute atomic E-state index is 13.0. The van der Waals surface area contributed by atoms with Crippen molar-refractivity contribution in [1.82, 2.24) is 10.2 Å². The summed E-state index contributed by atoms with van der Waals surface area (Å²) in [5, 5.41) is 25.4. The summed E-state index contributed by atoms with van der Waals surface area (Å²) >= 11 is 0. The summed E-state index contributed by atoms with van der Waals surface area (Å²) in [6.45, 7) is 6.08. The minimum atomic E-state index is -1.21. The third kappa shape index (κ3) is 4.44. The molecule has 1 aromatic rings. The Morgan fingerprint density at radius 1 is 1.27 bits per heavy atom. The van der Waals surface area contributed by atoms with Crippen LogP contribution in [0.3, 0.4) is 0 Å². The monoisotopic (exact) mass is 557 g/mol. The fourth-order valence-corrected chi connectivity index (χ4v) is 6.97. The molecule has 2 heterocycles. The van der Waals surface area contributed by atoms with E-state index in [4.69, 9.17) is 19.9 Å². The zero-order valence-corrected chi connectivity index (χ0v) is 23.4. The van der Waals surface area contributed by atoms with Gasteiger partial charge in [0.25, 0.3) is 0 Å². The van der Waals surface area contributed by atoms with Gasteiger partial charge >= 0.3 is 11.9 Å². The molecule has 218 valence electrons. The summed E-state index contributed by atoms with van der Waals surface area (Å²) in [5.74, 6) is -0.999. The summed E-state index contributed by atoms with van der Waals surface area (Å²) in [6.07, 6.45) is 1.45. The molecule has 1 spiro atoms. The van der Waals surface area contributed by atoms with E-state index in [1.54, 1.807) is 12.1 Å². The molecule has 0 saturated carbocycles. The fraction of sp³-hybridized carbons (Fsp3) is 0.621. The van der Waals surface area contributed by atoms with Gasteiger partial charge in [-0.15, -0.1) is 0 Å². The lowest BCUT2D eigenvalue weighted by molar-refractivity contribution is -0.175. The Hall–Kier alpha value is -3.15. The number of amides is 1. The van der Waals surface area contributed by atoms with Gasteiger partial charge in [0.2, 0.25) is 5.91 Å². The number of carbonyl (C=O) groups is 3. The van der Waals surface area contributed by atoms with Crippen LogP contribution < -0.4 is 15.8 Å². The van der Waals surface area contributed by atoms with Crippen molar-refractivity contribution in [3.8, 4) is 11.5 Å². The predicted molar refractivity (Wildman–Crippen MR) is 143 cm³/mol. The second-order valence-corrected chi connectivity index (χ2v) is 11.9. The van der Waals surface area contributed by atoms with Crippen LogP contribution in [-0.4, -0.2) is 83.0 Å². The van der Waals surface area contributed by atoms with Crippen molar-refractivity contribution in [2.24, 2.45) is 11.7 Å². The van der Waals surface area contributed by atoms with Crippen molar-refractivity contribution in [2.75, 3.05) is 20.1 Å². The largest absolute Gasteiger partial charge is 0.504 e. The summed E-state index contributed by atoms with van der Waals surface area (Å²) in [6, 6.07) is 2.65. The van der Waals surface area contributed by atoms with E-state index >= 15 is 0 Å². The lowest BCUT2D eigenvalue weighted by atomic mass is 9.50. The summed E-state index contributed by atoms with van der Waals surface area (Å²) in [4.78, 5) is 39.6. The third-order valence-electron chi connectivity index (χ3n) is 8.90. The van der Waals surface area contributed by atoms with E-state index in [0.717, 1.165) is 11.1 Å². The molecule has 0 unspecified atom stereocenters. The molecule has 0 radical (unpaired) electrons. The van der Waals surface area contributed by atoms with Crippen LogP contribution in [0.25, 0.3) is 0 Å². The molecule has 5 rings (SSSR count). The number of nitrogens with zero attached hydrogens (tertiary/aromatic N) is 1. The van der Waals surface area contributed by atoms with Gasteiger partial charge in [-0.3, -0.25) is 9.59 Å². The number of hydrogen-bond donors (Lipinski definition) is 4. The number of phenolic OH excluding ortho intramolecular Hbond substituents is 1. The molecule has 4 aliphatic rings. The van der Waals surface area contributed by atoms with Crippen molar-refractivity contribution in [2.45, 2.75) is 88.2 Å². The zero-order valence-electron chi connectivity index (χ0n) is 23.4. The minimum Gasteiger partial charge on any atom is -0.504 e. The van der Waals surface area contributed by atoms with Crippen LogP contribution in [0.2, 0.25) is 0 Å². The zero-order chi connectivity index (χ0) is 29.0. The first-order valence-corrected chi connectivity index (χ1v) is 14.0. The van der Waals surface area contributed by atoms with E-state index < -0.39 is 41.2 Å². The highest BCUT2D eigenvalue weighted by Gasteiger charge is 2.72. The molecular weight excluding hydrogens is 518 g/mol. The van der Waals surface area contributed by atoms with Gasteiger partial charge in [-0.25, -0.2) is 4.79 Å².